The van der Waals surface area contributed by atoms with Crippen molar-refractivity contribution in [2.45, 2.75) is 0 Å². The van der Waals surface area contributed by atoms with Crippen molar-refractivity contribution in [2.75, 3.05) is 32.1 Å². The second-order valence-electron chi connectivity index (χ2n) is 3.68. The lowest BCUT2D eigenvalue weighted by atomic mass is 10.1. The summed E-state index contributed by atoms with van der Waals surface area (Å²) in [5.41, 5.74) is 0.336. The predicted molar refractivity (Wildman–Crippen MR) is 71.3 cm³/mol. The quantitative estimate of drug-likeness (QED) is 0.617. The first-order chi connectivity index (χ1) is 8.60. The largest absolute Gasteiger partial charge is 0.504 e. The molecule has 100 valence electrons. The van der Waals surface area contributed by atoms with E-state index in [-0.39, 0.29) is 17.4 Å². The van der Waals surface area contributed by atoms with Gasteiger partial charge in [0.25, 0.3) is 5.91 Å². The van der Waals surface area contributed by atoms with Crippen LogP contribution in [0, 0.1) is 0 Å². The van der Waals surface area contributed by atoms with Gasteiger partial charge in [-0.3, -0.25) is 4.79 Å². The van der Waals surface area contributed by atoms with Crippen LogP contribution in [-0.2, 0) is 4.74 Å². The fourth-order valence-corrected chi connectivity index (χ4v) is 1.89. The van der Waals surface area contributed by atoms with Gasteiger partial charge in [0, 0.05) is 31.1 Å². The number of amides is 1. The minimum atomic E-state index is -0.300. The van der Waals surface area contributed by atoms with Gasteiger partial charge in [-0.25, -0.2) is 0 Å². The normalized spacial score (nSPS) is 10.3. The Labute approximate surface area is 114 Å². The number of aromatic hydroxyl groups is 2. The zero-order valence-electron chi connectivity index (χ0n) is 10.1. The Kier molecular flexibility index (Phi) is 5.94. The number of hydrogen-bond acceptors (Lipinski definition) is 4. The van der Waals surface area contributed by atoms with Crippen molar-refractivity contribution in [3.05, 3.63) is 23.8 Å². The second-order valence-corrected chi connectivity index (χ2v) is 4.47. The third-order valence-electron chi connectivity index (χ3n) is 2.43. The molecule has 0 unspecified atom stereocenters. The van der Waals surface area contributed by atoms with Crippen LogP contribution >= 0.6 is 15.9 Å². The van der Waals surface area contributed by atoms with Crippen LogP contribution in [0.15, 0.2) is 18.2 Å². The van der Waals surface area contributed by atoms with Crippen molar-refractivity contribution in [2.24, 2.45) is 0 Å². The van der Waals surface area contributed by atoms with Gasteiger partial charge in [-0.15, -0.1) is 0 Å². The van der Waals surface area contributed by atoms with E-state index in [0.717, 1.165) is 0 Å². The van der Waals surface area contributed by atoms with Gasteiger partial charge in [0.1, 0.15) is 0 Å². The number of phenols is 2. The number of nitrogens with zero attached hydrogens (tertiary/aromatic N) is 1. The fourth-order valence-electron chi connectivity index (χ4n) is 1.46. The van der Waals surface area contributed by atoms with Crippen LogP contribution in [0.1, 0.15) is 10.4 Å². The van der Waals surface area contributed by atoms with E-state index >= 15 is 0 Å². The van der Waals surface area contributed by atoms with E-state index in [4.69, 9.17) is 4.74 Å². The number of benzene rings is 1. The summed E-state index contributed by atoms with van der Waals surface area (Å²) in [6, 6.07) is 4.03. The van der Waals surface area contributed by atoms with E-state index in [0.29, 0.717) is 30.6 Å². The Morgan fingerprint density at radius 2 is 2.06 bits per heavy atom. The van der Waals surface area contributed by atoms with Gasteiger partial charge < -0.3 is 19.8 Å². The Morgan fingerprint density at radius 3 is 2.61 bits per heavy atom. The number of phenolic OH excluding ortho intramolecular Hbond substituents is 2. The SMILES string of the molecule is COCCN(CCBr)C(=O)c1ccc(O)c(O)c1. The molecule has 1 rings (SSSR count). The Morgan fingerprint density at radius 1 is 1.33 bits per heavy atom. The lowest BCUT2D eigenvalue weighted by Crippen LogP contribution is -2.35. The molecule has 0 saturated heterocycles. The number of halogens is 1. The third kappa shape index (κ3) is 3.89. The average molecular weight is 318 g/mol. The summed E-state index contributed by atoms with van der Waals surface area (Å²) >= 11 is 3.28. The molecule has 0 atom stereocenters. The first-order valence-electron chi connectivity index (χ1n) is 5.46. The molecule has 0 aliphatic heterocycles. The molecule has 0 fully saturated rings. The van der Waals surface area contributed by atoms with E-state index in [2.05, 4.69) is 15.9 Å². The molecule has 1 amide bonds. The molecule has 0 spiro atoms. The van der Waals surface area contributed by atoms with Crippen molar-refractivity contribution in [3.8, 4) is 11.5 Å². The molecule has 0 heterocycles. The third-order valence-corrected chi connectivity index (χ3v) is 2.78. The highest BCUT2D eigenvalue weighted by Gasteiger charge is 2.16. The van der Waals surface area contributed by atoms with Crippen LogP contribution < -0.4 is 0 Å². The van der Waals surface area contributed by atoms with Crippen LogP contribution in [0.25, 0.3) is 0 Å². The van der Waals surface area contributed by atoms with Crippen molar-refractivity contribution in [1.29, 1.82) is 0 Å². The van der Waals surface area contributed by atoms with E-state index in [1.54, 1.807) is 12.0 Å². The van der Waals surface area contributed by atoms with Crippen LogP contribution in [0.3, 0.4) is 0 Å². The number of alkyl halides is 1. The van der Waals surface area contributed by atoms with E-state index < -0.39 is 0 Å². The molecule has 1 aromatic carbocycles. The van der Waals surface area contributed by atoms with Crippen molar-refractivity contribution in [1.82, 2.24) is 4.90 Å². The zero-order chi connectivity index (χ0) is 13.5. The van der Waals surface area contributed by atoms with Crippen molar-refractivity contribution >= 4 is 21.8 Å². The van der Waals surface area contributed by atoms with E-state index in [1.165, 1.54) is 18.2 Å². The number of hydrogen-bond donors (Lipinski definition) is 2. The summed E-state index contributed by atoms with van der Waals surface area (Å²) in [6.07, 6.45) is 0. The van der Waals surface area contributed by atoms with E-state index in [1.807, 2.05) is 0 Å². The minimum absolute atomic E-state index is 0.207. The summed E-state index contributed by atoms with van der Waals surface area (Å²) in [4.78, 5) is 13.8. The van der Waals surface area contributed by atoms with Gasteiger partial charge in [0.15, 0.2) is 11.5 Å². The predicted octanol–water partition coefficient (Wildman–Crippen LogP) is 1.58. The lowest BCUT2D eigenvalue weighted by Gasteiger charge is -2.21. The van der Waals surface area contributed by atoms with Crippen LogP contribution in [0.4, 0.5) is 0 Å². The Bertz CT molecular complexity index is 411. The average Bonchev–Trinajstić information content (AvgIpc) is 2.37. The number of carbonyl (C=O) groups is 1. The minimum Gasteiger partial charge on any atom is -0.504 e. The molecule has 6 heteroatoms. The molecular weight excluding hydrogens is 302 g/mol. The molecule has 0 saturated carbocycles. The summed E-state index contributed by atoms with van der Waals surface area (Å²) < 4.78 is 4.95. The molecule has 0 bridgehead atoms. The molecule has 5 nitrogen and oxygen atoms in total. The molecule has 2 N–H and O–H groups in total. The number of methoxy groups -OCH3 is 1. The molecule has 0 aliphatic rings. The van der Waals surface area contributed by atoms with Gasteiger partial charge >= 0.3 is 0 Å². The summed E-state index contributed by atoms with van der Waals surface area (Å²) in [5, 5.41) is 19.2. The molecule has 1 aromatic rings. The van der Waals surface area contributed by atoms with E-state index in [9.17, 15) is 15.0 Å². The lowest BCUT2D eigenvalue weighted by molar-refractivity contribution is 0.0708. The second kappa shape index (κ2) is 7.23. The first-order valence-corrected chi connectivity index (χ1v) is 6.58. The van der Waals surface area contributed by atoms with Crippen molar-refractivity contribution < 1.29 is 19.7 Å². The van der Waals surface area contributed by atoms with Gasteiger partial charge in [0.05, 0.1) is 6.61 Å². The fraction of sp³-hybridized carbons (Fsp3) is 0.417. The van der Waals surface area contributed by atoms with Gasteiger partial charge in [-0.05, 0) is 18.2 Å². The summed E-state index contributed by atoms with van der Waals surface area (Å²) in [5.74, 6) is -0.747. The highest BCUT2D eigenvalue weighted by molar-refractivity contribution is 9.09. The maximum atomic E-state index is 12.2. The maximum Gasteiger partial charge on any atom is 0.254 e. The molecule has 0 aliphatic carbocycles. The Hall–Kier alpha value is -1.27. The van der Waals surface area contributed by atoms with Crippen LogP contribution in [0.2, 0.25) is 0 Å². The number of carbonyl (C=O) groups excluding carboxylic acids is 1. The zero-order valence-corrected chi connectivity index (χ0v) is 11.7. The standard InChI is InChI=1S/C12H16BrNO4/c1-18-7-6-14(5-4-13)12(17)9-2-3-10(15)11(16)8-9/h2-3,8,15-16H,4-7H2,1H3. The molecule has 0 aromatic heterocycles. The van der Waals surface area contributed by atoms with Crippen LogP contribution in [-0.4, -0.2) is 53.2 Å². The maximum absolute atomic E-state index is 12.2. The Balaban J connectivity index is 2.83. The number of ether oxygens (including phenoxy) is 1. The highest BCUT2D eigenvalue weighted by atomic mass is 79.9. The van der Waals surface area contributed by atoms with Crippen LogP contribution in [0.5, 0.6) is 11.5 Å². The molecule has 18 heavy (non-hydrogen) atoms. The smallest absolute Gasteiger partial charge is 0.254 e. The molecular formula is C12H16BrNO4. The van der Waals surface area contributed by atoms with Gasteiger partial charge in [0.2, 0.25) is 0 Å². The van der Waals surface area contributed by atoms with Gasteiger partial charge in [-0.1, -0.05) is 15.9 Å². The van der Waals surface area contributed by atoms with Gasteiger partial charge in [-0.2, -0.15) is 0 Å². The number of rotatable bonds is 6. The summed E-state index contributed by atoms with van der Waals surface area (Å²) in [7, 11) is 1.57. The topological polar surface area (TPSA) is 70.0 Å². The highest BCUT2D eigenvalue weighted by Crippen LogP contribution is 2.25. The first kappa shape index (κ1) is 14.8. The van der Waals surface area contributed by atoms with Crippen molar-refractivity contribution in [3.63, 3.8) is 0 Å². The monoisotopic (exact) mass is 317 g/mol. The molecule has 0 radical (unpaired) electrons. The summed E-state index contributed by atoms with van der Waals surface area (Å²) in [6.45, 7) is 1.47.